The number of amides is 1. The first-order valence-electron chi connectivity index (χ1n) is 6.62. The number of hydrogen-bond acceptors (Lipinski definition) is 3. The summed E-state index contributed by atoms with van der Waals surface area (Å²) < 4.78 is 26.4. The van der Waals surface area contributed by atoms with Gasteiger partial charge in [-0.2, -0.15) is 0 Å². The predicted molar refractivity (Wildman–Crippen MR) is 91.9 cm³/mol. The van der Waals surface area contributed by atoms with E-state index in [4.69, 9.17) is 23.2 Å². The maximum absolute atomic E-state index is 13.3. The third-order valence-corrected chi connectivity index (χ3v) is 4.53. The van der Waals surface area contributed by atoms with Crippen LogP contribution in [0.5, 0.6) is 0 Å². The summed E-state index contributed by atoms with van der Waals surface area (Å²) in [5, 5.41) is 4.87. The fourth-order valence-electron chi connectivity index (χ4n) is 1.98. The Morgan fingerprint density at radius 1 is 1.08 bits per heavy atom. The van der Waals surface area contributed by atoms with Crippen molar-refractivity contribution in [2.24, 2.45) is 0 Å². The van der Waals surface area contributed by atoms with Crippen LogP contribution in [0, 0.1) is 11.6 Å². The fourth-order valence-corrected chi connectivity index (χ4v) is 3.16. The van der Waals surface area contributed by atoms with E-state index in [0.717, 1.165) is 17.7 Å². The molecule has 0 aliphatic heterocycles. The Labute approximate surface area is 149 Å². The second kappa shape index (κ2) is 6.84. The van der Waals surface area contributed by atoms with Gasteiger partial charge in [-0.15, -0.1) is 11.3 Å². The Bertz CT molecular complexity index is 930. The van der Waals surface area contributed by atoms with Crippen molar-refractivity contribution < 1.29 is 13.6 Å². The Morgan fingerprint density at radius 3 is 2.54 bits per heavy atom. The van der Waals surface area contributed by atoms with Crippen LogP contribution >= 0.6 is 34.5 Å². The molecule has 122 valence electrons. The summed E-state index contributed by atoms with van der Waals surface area (Å²) in [7, 11) is 0. The van der Waals surface area contributed by atoms with E-state index in [2.05, 4.69) is 10.3 Å². The quantitative estimate of drug-likeness (QED) is 0.593. The first-order valence-corrected chi connectivity index (χ1v) is 8.25. The monoisotopic (exact) mass is 384 g/mol. The van der Waals surface area contributed by atoms with Crippen molar-refractivity contribution in [2.75, 3.05) is 5.32 Å². The molecular weight excluding hydrogens is 377 g/mol. The lowest BCUT2D eigenvalue weighted by molar-refractivity contribution is 0.102. The van der Waals surface area contributed by atoms with Crippen LogP contribution in [0.4, 0.5) is 13.9 Å². The van der Waals surface area contributed by atoms with Gasteiger partial charge in [0.25, 0.3) is 5.91 Å². The van der Waals surface area contributed by atoms with Gasteiger partial charge in [-0.25, -0.2) is 13.8 Å². The molecule has 8 heteroatoms. The minimum Gasteiger partial charge on any atom is -0.298 e. The van der Waals surface area contributed by atoms with Crippen LogP contribution in [-0.4, -0.2) is 10.9 Å². The van der Waals surface area contributed by atoms with Crippen molar-refractivity contribution >= 4 is 45.6 Å². The highest BCUT2D eigenvalue weighted by atomic mass is 35.5. The van der Waals surface area contributed by atoms with Gasteiger partial charge in [-0.05, 0) is 18.2 Å². The van der Waals surface area contributed by atoms with Crippen molar-refractivity contribution in [2.45, 2.75) is 0 Å². The van der Waals surface area contributed by atoms with Crippen molar-refractivity contribution in [3.8, 4) is 11.3 Å². The number of halogens is 4. The molecule has 0 saturated heterocycles. The van der Waals surface area contributed by atoms with Gasteiger partial charge in [0, 0.05) is 16.0 Å². The number of carbonyl (C=O) groups excluding carboxylic acids is 1. The van der Waals surface area contributed by atoms with Crippen molar-refractivity contribution in [3.63, 3.8) is 0 Å². The average Bonchev–Trinajstić information content (AvgIpc) is 2.99. The van der Waals surface area contributed by atoms with Gasteiger partial charge < -0.3 is 0 Å². The maximum Gasteiger partial charge on any atom is 0.259 e. The molecule has 0 radical (unpaired) electrons. The van der Waals surface area contributed by atoms with Crippen LogP contribution in [0.2, 0.25) is 10.0 Å². The number of benzene rings is 2. The standard InChI is InChI=1S/C16H8Cl2F2N2OS/c17-10-4-2-1-3-8(10)14-7-24-16(21-14)22-15(23)9-5-12(19)13(20)6-11(9)18/h1-7H,(H,21,22,23). The molecule has 3 nitrogen and oxygen atoms in total. The SMILES string of the molecule is O=C(Nc1nc(-c2ccccc2Cl)cs1)c1cc(F)c(F)cc1Cl. The first kappa shape index (κ1) is 16.8. The van der Waals surface area contributed by atoms with E-state index in [9.17, 15) is 13.6 Å². The van der Waals surface area contributed by atoms with Gasteiger partial charge >= 0.3 is 0 Å². The van der Waals surface area contributed by atoms with E-state index in [-0.39, 0.29) is 15.7 Å². The van der Waals surface area contributed by atoms with Crippen molar-refractivity contribution in [3.05, 3.63) is 69.0 Å². The molecule has 0 unspecified atom stereocenters. The molecule has 1 aromatic heterocycles. The highest BCUT2D eigenvalue weighted by Gasteiger charge is 2.17. The van der Waals surface area contributed by atoms with Gasteiger partial charge in [0.05, 0.1) is 16.3 Å². The van der Waals surface area contributed by atoms with Crippen molar-refractivity contribution in [1.82, 2.24) is 4.98 Å². The van der Waals surface area contributed by atoms with Crippen LogP contribution in [0.3, 0.4) is 0 Å². The number of hydrogen-bond donors (Lipinski definition) is 1. The van der Waals surface area contributed by atoms with Crippen molar-refractivity contribution in [1.29, 1.82) is 0 Å². The molecule has 1 heterocycles. The third-order valence-electron chi connectivity index (χ3n) is 3.13. The maximum atomic E-state index is 13.3. The number of thiazole rings is 1. The van der Waals surface area contributed by atoms with Crippen LogP contribution in [0.1, 0.15) is 10.4 Å². The van der Waals surface area contributed by atoms with E-state index in [0.29, 0.717) is 10.7 Å². The Hall–Kier alpha value is -2.02. The summed E-state index contributed by atoms with van der Waals surface area (Å²) in [5.74, 6) is -2.95. The molecule has 3 rings (SSSR count). The molecule has 0 aliphatic rings. The van der Waals surface area contributed by atoms with E-state index in [1.165, 1.54) is 11.3 Å². The molecule has 0 atom stereocenters. The summed E-state index contributed by atoms with van der Waals surface area (Å²) in [5.41, 5.74) is 1.14. The molecule has 1 amide bonds. The number of nitrogens with zero attached hydrogens (tertiary/aromatic N) is 1. The molecule has 0 spiro atoms. The number of aromatic nitrogens is 1. The Morgan fingerprint density at radius 2 is 1.79 bits per heavy atom. The predicted octanol–water partition coefficient (Wildman–Crippen LogP) is 5.65. The second-order valence-electron chi connectivity index (χ2n) is 4.72. The van der Waals surface area contributed by atoms with Gasteiger partial charge in [0.15, 0.2) is 16.8 Å². The summed E-state index contributed by atoms with van der Waals surface area (Å²) in [6.45, 7) is 0. The largest absolute Gasteiger partial charge is 0.298 e. The molecule has 0 saturated carbocycles. The number of rotatable bonds is 3. The minimum atomic E-state index is -1.15. The van der Waals surface area contributed by atoms with Crippen LogP contribution in [-0.2, 0) is 0 Å². The van der Waals surface area contributed by atoms with E-state index < -0.39 is 17.5 Å². The lowest BCUT2D eigenvalue weighted by Gasteiger charge is -2.05. The summed E-state index contributed by atoms with van der Waals surface area (Å²) in [6, 6.07) is 8.65. The third kappa shape index (κ3) is 3.40. The van der Waals surface area contributed by atoms with Crippen LogP contribution in [0.15, 0.2) is 41.8 Å². The molecule has 0 bridgehead atoms. The van der Waals surface area contributed by atoms with Crippen LogP contribution in [0.25, 0.3) is 11.3 Å². The van der Waals surface area contributed by atoms with Crippen LogP contribution < -0.4 is 5.32 Å². The second-order valence-corrected chi connectivity index (χ2v) is 6.39. The van der Waals surface area contributed by atoms with E-state index in [1.807, 2.05) is 6.07 Å². The zero-order chi connectivity index (χ0) is 17.3. The zero-order valence-corrected chi connectivity index (χ0v) is 14.1. The molecule has 2 aromatic carbocycles. The highest BCUT2D eigenvalue weighted by molar-refractivity contribution is 7.14. The van der Waals surface area contributed by atoms with Gasteiger partial charge in [-0.1, -0.05) is 41.4 Å². The summed E-state index contributed by atoms with van der Waals surface area (Å²) in [4.78, 5) is 16.4. The van der Waals surface area contributed by atoms with E-state index in [1.54, 1.807) is 23.6 Å². The van der Waals surface area contributed by atoms with Gasteiger partial charge in [0.2, 0.25) is 0 Å². The topological polar surface area (TPSA) is 42.0 Å². The molecule has 0 aliphatic carbocycles. The molecular formula is C16H8Cl2F2N2OS. The number of carbonyl (C=O) groups is 1. The normalized spacial score (nSPS) is 10.7. The molecule has 0 fully saturated rings. The minimum absolute atomic E-state index is 0.176. The lowest BCUT2D eigenvalue weighted by Crippen LogP contribution is -2.13. The summed E-state index contributed by atoms with van der Waals surface area (Å²) in [6.07, 6.45) is 0. The highest BCUT2D eigenvalue weighted by Crippen LogP contribution is 2.30. The molecule has 24 heavy (non-hydrogen) atoms. The number of nitrogens with one attached hydrogen (secondary N) is 1. The van der Waals surface area contributed by atoms with Gasteiger partial charge in [0.1, 0.15) is 0 Å². The van der Waals surface area contributed by atoms with E-state index >= 15 is 0 Å². The average molecular weight is 385 g/mol. The Kier molecular flexibility index (Phi) is 4.80. The summed E-state index contributed by atoms with van der Waals surface area (Å²) >= 11 is 13.1. The first-order chi connectivity index (χ1) is 11.5. The smallest absolute Gasteiger partial charge is 0.259 e. The zero-order valence-electron chi connectivity index (χ0n) is 11.8. The Balaban J connectivity index is 1.84. The molecule has 3 aromatic rings. The molecule has 1 N–H and O–H groups in total. The van der Waals surface area contributed by atoms with Gasteiger partial charge in [-0.3, -0.25) is 10.1 Å². The lowest BCUT2D eigenvalue weighted by atomic mass is 10.2. The number of anilines is 1. The fraction of sp³-hybridized carbons (Fsp3) is 0.